The summed E-state index contributed by atoms with van der Waals surface area (Å²) in [5.41, 5.74) is 1.25. The van der Waals surface area contributed by atoms with E-state index in [0.717, 1.165) is 11.8 Å². The van der Waals surface area contributed by atoms with Crippen LogP contribution in [0.3, 0.4) is 0 Å². The largest absolute Gasteiger partial charge is 0.495 e. The molecule has 0 spiro atoms. The Kier molecular flexibility index (Phi) is 5.29. The molecule has 1 N–H and O–H groups in total. The standard InChI is InChI=1S/C16H12ClN3O5S/c1-24-13-4-2-9(6-11(13)17)18-15(21)8-26-16-19-12-7-10(20(22)23)3-5-14(12)25-16/h2-7H,8H2,1H3,(H,18,21). The Labute approximate surface area is 156 Å². The first-order chi connectivity index (χ1) is 12.5. The van der Waals surface area contributed by atoms with Crippen LogP contribution in [-0.4, -0.2) is 28.7 Å². The van der Waals surface area contributed by atoms with Crippen LogP contribution in [0.15, 0.2) is 46.0 Å². The van der Waals surface area contributed by atoms with Gasteiger partial charge in [0.05, 0.1) is 22.8 Å². The lowest BCUT2D eigenvalue weighted by atomic mass is 10.3. The number of halogens is 1. The van der Waals surface area contributed by atoms with Gasteiger partial charge in [-0.3, -0.25) is 14.9 Å². The van der Waals surface area contributed by atoms with Crippen molar-refractivity contribution in [3.8, 4) is 5.75 Å². The molecule has 0 aliphatic heterocycles. The monoisotopic (exact) mass is 393 g/mol. The number of nitrogens with one attached hydrogen (secondary N) is 1. The van der Waals surface area contributed by atoms with Crippen LogP contribution in [0.2, 0.25) is 5.02 Å². The van der Waals surface area contributed by atoms with Crippen LogP contribution < -0.4 is 10.1 Å². The van der Waals surface area contributed by atoms with E-state index in [9.17, 15) is 14.9 Å². The lowest BCUT2D eigenvalue weighted by Crippen LogP contribution is -2.13. The molecule has 1 aromatic heterocycles. The van der Waals surface area contributed by atoms with Crippen molar-refractivity contribution in [2.24, 2.45) is 0 Å². The maximum Gasteiger partial charge on any atom is 0.271 e. The zero-order valence-electron chi connectivity index (χ0n) is 13.4. The molecule has 0 aliphatic carbocycles. The smallest absolute Gasteiger partial charge is 0.271 e. The van der Waals surface area contributed by atoms with Crippen molar-refractivity contribution in [3.63, 3.8) is 0 Å². The van der Waals surface area contributed by atoms with Gasteiger partial charge in [-0.25, -0.2) is 4.98 Å². The number of anilines is 1. The van der Waals surface area contributed by atoms with Gasteiger partial charge in [0, 0.05) is 17.8 Å². The highest BCUT2D eigenvalue weighted by molar-refractivity contribution is 7.99. The van der Waals surface area contributed by atoms with Crippen molar-refractivity contribution in [1.29, 1.82) is 0 Å². The first-order valence-corrected chi connectivity index (χ1v) is 8.64. The number of hydrogen-bond acceptors (Lipinski definition) is 7. The second-order valence-corrected chi connectivity index (χ2v) is 6.41. The second-order valence-electron chi connectivity index (χ2n) is 5.08. The fourth-order valence-corrected chi connectivity index (χ4v) is 3.03. The number of nitrogens with zero attached hydrogens (tertiary/aromatic N) is 2. The summed E-state index contributed by atoms with van der Waals surface area (Å²) in [6, 6.07) is 9.04. The maximum atomic E-state index is 12.0. The van der Waals surface area contributed by atoms with Crippen molar-refractivity contribution in [2.75, 3.05) is 18.2 Å². The molecule has 0 aliphatic rings. The minimum Gasteiger partial charge on any atom is -0.495 e. The number of carbonyl (C=O) groups excluding carboxylic acids is 1. The molecule has 0 atom stereocenters. The van der Waals surface area contributed by atoms with Crippen LogP contribution in [-0.2, 0) is 4.79 Å². The number of nitro groups is 1. The molecule has 26 heavy (non-hydrogen) atoms. The van der Waals surface area contributed by atoms with Gasteiger partial charge in [-0.1, -0.05) is 23.4 Å². The lowest BCUT2D eigenvalue weighted by molar-refractivity contribution is -0.384. The van der Waals surface area contributed by atoms with E-state index in [1.54, 1.807) is 18.2 Å². The van der Waals surface area contributed by atoms with Crippen LogP contribution in [0.1, 0.15) is 0 Å². The van der Waals surface area contributed by atoms with E-state index in [-0.39, 0.29) is 22.6 Å². The number of thioether (sulfide) groups is 1. The number of aromatic nitrogens is 1. The summed E-state index contributed by atoms with van der Waals surface area (Å²) >= 11 is 7.09. The van der Waals surface area contributed by atoms with Gasteiger partial charge in [-0.15, -0.1) is 0 Å². The normalized spacial score (nSPS) is 10.7. The van der Waals surface area contributed by atoms with Crippen molar-refractivity contribution in [1.82, 2.24) is 4.98 Å². The van der Waals surface area contributed by atoms with Gasteiger partial charge in [0.1, 0.15) is 11.3 Å². The van der Waals surface area contributed by atoms with Gasteiger partial charge in [0.25, 0.3) is 10.9 Å². The molecule has 3 aromatic rings. The van der Waals surface area contributed by atoms with Crippen LogP contribution in [0, 0.1) is 10.1 Å². The minimum atomic E-state index is -0.506. The summed E-state index contributed by atoms with van der Waals surface area (Å²) in [5, 5.41) is 14.1. The van der Waals surface area contributed by atoms with E-state index >= 15 is 0 Å². The highest BCUT2D eigenvalue weighted by atomic mass is 35.5. The number of hydrogen-bond donors (Lipinski definition) is 1. The minimum absolute atomic E-state index is 0.0541. The SMILES string of the molecule is COc1ccc(NC(=O)CSc2nc3cc([N+](=O)[O-])ccc3o2)cc1Cl. The average molecular weight is 394 g/mol. The van der Waals surface area contributed by atoms with E-state index in [1.165, 1.54) is 25.3 Å². The number of nitro benzene ring substituents is 1. The van der Waals surface area contributed by atoms with Crippen LogP contribution in [0.4, 0.5) is 11.4 Å². The highest BCUT2D eigenvalue weighted by Crippen LogP contribution is 2.28. The van der Waals surface area contributed by atoms with Crippen LogP contribution in [0.5, 0.6) is 5.75 Å². The molecule has 10 heteroatoms. The molecule has 0 unspecified atom stereocenters. The fraction of sp³-hybridized carbons (Fsp3) is 0.125. The summed E-state index contributed by atoms with van der Waals surface area (Å²) in [6.45, 7) is 0. The van der Waals surface area contributed by atoms with Crippen LogP contribution in [0.25, 0.3) is 11.1 Å². The number of rotatable bonds is 6. The van der Waals surface area contributed by atoms with Crippen molar-refractivity contribution >= 4 is 51.7 Å². The summed E-state index contributed by atoms with van der Waals surface area (Å²) in [7, 11) is 1.51. The quantitative estimate of drug-likeness (QED) is 0.381. The second kappa shape index (κ2) is 7.63. The van der Waals surface area contributed by atoms with E-state index in [4.69, 9.17) is 20.8 Å². The molecule has 134 valence electrons. The van der Waals surface area contributed by atoms with Gasteiger partial charge >= 0.3 is 0 Å². The molecule has 1 amide bonds. The Hall–Kier alpha value is -2.78. The molecular formula is C16H12ClN3O5S. The number of benzene rings is 2. The third-order valence-corrected chi connectivity index (χ3v) is 4.45. The first kappa shape index (κ1) is 18.0. The molecule has 3 rings (SSSR count). The molecule has 8 nitrogen and oxygen atoms in total. The molecule has 0 saturated heterocycles. The predicted molar refractivity (Wildman–Crippen MR) is 98.0 cm³/mol. The molecular weight excluding hydrogens is 382 g/mol. The Balaban J connectivity index is 1.63. The molecule has 1 heterocycles. The first-order valence-electron chi connectivity index (χ1n) is 7.27. The summed E-state index contributed by atoms with van der Waals surface area (Å²) in [5.74, 6) is 0.294. The predicted octanol–water partition coefficient (Wildman–Crippen LogP) is 4.13. The number of oxazole rings is 1. The van der Waals surface area contributed by atoms with Crippen molar-refractivity contribution < 1.29 is 18.9 Å². The van der Waals surface area contributed by atoms with Gasteiger partial charge < -0.3 is 14.5 Å². The summed E-state index contributed by atoms with van der Waals surface area (Å²) in [6.07, 6.45) is 0. The molecule has 2 aromatic carbocycles. The van der Waals surface area contributed by atoms with Gasteiger partial charge in [-0.05, 0) is 24.3 Å². The zero-order valence-corrected chi connectivity index (χ0v) is 15.0. The number of ether oxygens (including phenoxy) is 1. The number of carbonyl (C=O) groups is 1. The summed E-state index contributed by atoms with van der Waals surface area (Å²) in [4.78, 5) is 26.5. The van der Waals surface area contributed by atoms with E-state index in [1.807, 2.05) is 0 Å². The highest BCUT2D eigenvalue weighted by Gasteiger charge is 2.13. The zero-order chi connectivity index (χ0) is 18.7. The Morgan fingerprint density at radius 3 is 2.88 bits per heavy atom. The topological polar surface area (TPSA) is 108 Å². The Bertz CT molecular complexity index is 991. The molecule has 0 bridgehead atoms. The Morgan fingerprint density at radius 2 is 2.19 bits per heavy atom. The summed E-state index contributed by atoms with van der Waals surface area (Å²) < 4.78 is 10.5. The van der Waals surface area contributed by atoms with Crippen molar-refractivity contribution in [3.05, 3.63) is 51.5 Å². The number of methoxy groups -OCH3 is 1. The molecule has 0 radical (unpaired) electrons. The Morgan fingerprint density at radius 1 is 1.38 bits per heavy atom. The fourth-order valence-electron chi connectivity index (χ4n) is 2.14. The lowest BCUT2D eigenvalue weighted by Gasteiger charge is -2.07. The van der Waals surface area contributed by atoms with E-state index in [2.05, 4.69) is 10.3 Å². The number of fused-ring (bicyclic) bond motifs is 1. The maximum absolute atomic E-state index is 12.0. The third kappa shape index (κ3) is 4.06. The van der Waals surface area contributed by atoms with E-state index < -0.39 is 4.92 Å². The van der Waals surface area contributed by atoms with Crippen LogP contribution >= 0.6 is 23.4 Å². The van der Waals surface area contributed by atoms with Gasteiger partial charge in [0.2, 0.25) is 5.91 Å². The van der Waals surface area contributed by atoms with E-state index in [0.29, 0.717) is 27.6 Å². The number of amides is 1. The van der Waals surface area contributed by atoms with Gasteiger partial charge in [0.15, 0.2) is 5.58 Å². The third-order valence-electron chi connectivity index (χ3n) is 3.32. The number of non-ortho nitro benzene ring substituents is 1. The average Bonchev–Trinajstić information content (AvgIpc) is 3.02. The van der Waals surface area contributed by atoms with Crippen molar-refractivity contribution in [2.45, 2.75) is 5.22 Å². The molecule has 0 fully saturated rings. The molecule has 0 saturated carbocycles. The van der Waals surface area contributed by atoms with Gasteiger partial charge in [-0.2, -0.15) is 0 Å².